The lowest BCUT2D eigenvalue weighted by molar-refractivity contribution is -0.109. The van der Waals surface area contributed by atoms with Crippen LogP contribution in [0.2, 0.25) is 0 Å². The monoisotopic (exact) mass is 274 g/mol. The van der Waals surface area contributed by atoms with Crippen molar-refractivity contribution in [2.24, 2.45) is 0 Å². The first-order chi connectivity index (χ1) is 9.69. The Kier molecular flexibility index (Phi) is 3.76. The number of carbonyl (C=O) groups excluding carboxylic acids is 1. The highest BCUT2D eigenvalue weighted by molar-refractivity contribution is 5.94. The average molecular weight is 274 g/mol. The van der Waals surface area contributed by atoms with Crippen LogP contribution in [-0.2, 0) is 4.74 Å². The Hall–Kier alpha value is -1.39. The van der Waals surface area contributed by atoms with Crippen molar-refractivity contribution in [2.75, 3.05) is 32.8 Å². The van der Waals surface area contributed by atoms with Crippen molar-refractivity contribution in [3.8, 4) is 0 Å². The highest BCUT2D eigenvalue weighted by Crippen LogP contribution is 2.26. The Balaban J connectivity index is 1.73. The van der Waals surface area contributed by atoms with E-state index < -0.39 is 0 Å². The Labute approximate surface area is 120 Å². The zero-order valence-electron chi connectivity index (χ0n) is 12.0. The van der Waals surface area contributed by atoms with Crippen LogP contribution in [0.3, 0.4) is 0 Å². The van der Waals surface area contributed by atoms with E-state index in [1.807, 2.05) is 36.1 Å². The summed E-state index contributed by atoms with van der Waals surface area (Å²) in [6, 6.07) is 7.81. The molecule has 2 aliphatic rings. The summed E-state index contributed by atoms with van der Waals surface area (Å²) >= 11 is 0. The third-order valence-electron chi connectivity index (χ3n) is 4.27. The minimum Gasteiger partial charge on any atom is -0.370 e. The molecule has 1 amide bonds. The minimum absolute atomic E-state index is 0.123. The summed E-state index contributed by atoms with van der Waals surface area (Å²) < 4.78 is 5.99. The molecular weight excluding hydrogens is 252 g/mol. The van der Waals surface area contributed by atoms with E-state index >= 15 is 0 Å². The number of nitrogens with zero attached hydrogens (tertiary/aromatic N) is 1. The number of rotatable bonds is 1. The van der Waals surface area contributed by atoms with Gasteiger partial charge in [-0.3, -0.25) is 4.79 Å². The number of hydrogen-bond acceptors (Lipinski definition) is 3. The third-order valence-corrected chi connectivity index (χ3v) is 4.27. The SMILES string of the molecule is Cc1ccc(C(=O)N2CCO[C@@]3(CCCNC3)C2)cc1. The number of nitrogens with one attached hydrogen (secondary N) is 1. The summed E-state index contributed by atoms with van der Waals surface area (Å²) in [7, 11) is 0. The molecule has 2 heterocycles. The summed E-state index contributed by atoms with van der Waals surface area (Å²) in [6.07, 6.45) is 2.16. The fourth-order valence-electron chi connectivity index (χ4n) is 3.10. The molecule has 1 N–H and O–H groups in total. The molecule has 108 valence electrons. The van der Waals surface area contributed by atoms with Gasteiger partial charge in [0.25, 0.3) is 5.91 Å². The molecule has 20 heavy (non-hydrogen) atoms. The van der Waals surface area contributed by atoms with Crippen LogP contribution in [0.5, 0.6) is 0 Å². The zero-order chi connectivity index (χ0) is 14.0. The number of benzene rings is 1. The highest BCUT2D eigenvalue weighted by atomic mass is 16.5. The van der Waals surface area contributed by atoms with Crippen LogP contribution in [-0.4, -0.2) is 49.2 Å². The number of morpholine rings is 1. The molecule has 2 fully saturated rings. The molecule has 2 aliphatic heterocycles. The summed E-state index contributed by atoms with van der Waals surface area (Å²) in [5.74, 6) is 0.123. The lowest BCUT2D eigenvalue weighted by Gasteiger charge is -2.45. The largest absolute Gasteiger partial charge is 0.370 e. The van der Waals surface area contributed by atoms with Crippen LogP contribution in [0.4, 0.5) is 0 Å². The molecule has 1 aromatic rings. The maximum atomic E-state index is 12.6. The van der Waals surface area contributed by atoms with Gasteiger partial charge < -0.3 is 15.0 Å². The van der Waals surface area contributed by atoms with Crippen LogP contribution < -0.4 is 5.32 Å². The second kappa shape index (κ2) is 5.54. The minimum atomic E-state index is -0.170. The van der Waals surface area contributed by atoms with Gasteiger partial charge in [0.05, 0.1) is 18.8 Å². The van der Waals surface area contributed by atoms with E-state index in [-0.39, 0.29) is 11.5 Å². The van der Waals surface area contributed by atoms with Gasteiger partial charge in [0.2, 0.25) is 0 Å². The van der Waals surface area contributed by atoms with Gasteiger partial charge in [0.15, 0.2) is 0 Å². The standard InChI is InChI=1S/C16H22N2O2/c1-13-3-5-14(6-4-13)15(19)18-9-10-20-16(12-18)7-2-8-17-11-16/h3-6,17H,2,7-12H2,1H3/t16-/m1/s1. The normalized spacial score (nSPS) is 26.8. The maximum absolute atomic E-state index is 12.6. The number of ether oxygens (including phenoxy) is 1. The lowest BCUT2D eigenvalue weighted by Crippen LogP contribution is -2.59. The van der Waals surface area contributed by atoms with Gasteiger partial charge in [0.1, 0.15) is 0 Å². The molecular formula is C16H22N2O2. The predicted octanol–water partition coefficient (Wildman–Crippen LogP) is 1.59. The van der Waals surface area contributed by atoms with E-state index in [1.165, 1.54) is 5.56 Å². The molecule has 1 atom stereocenters. The Bertz CT molecular complexity index is 472. The van der Waals surface area contributed by atoms with E-state index in [2.05, 4.69) is 5.32 Å². The number of amides is 1. The number of carbonyl (C=O) groups is 1. The van der Waals surface area contributed by atoms with Crippen molar-refractivity contribution in [1.82, 2.24) is 10.2 Å². The second-order valence-corrected chi connectivity index (χ2v) is 5.90. The van der Waals surface area contributed by atoms with Gasteiger partial charge >= 0.3 is 0 Å². The fourth-order valence-corrected chi connectivity index (χ4v) is 3.10. The van der Waals surface area contributed by atoms with Crippen molar-refractivity contribution >= 4 is 5.91 Å². The van der Waals surface area contributed by atoms with Crippen molar-refractivity contribution in [2.45, 2.75) is 25.4 Å². The average Bonchev–Trinajstić information content (AvgIpc) is 2.48. The van der Waals surface area contributed by atoms with E-state index in [0.717, 1.165) is 31.5 Å². The molecule has 4 heteroatoms. The van der Waals surface area contributed by atoms with Gasteiger partial charge in [-0.25, -0.2) is 0 Å². The molecule has 0 saturated carbocycles. The zero-order valence-corrected chi connectivity index (χ0v) is 12.0. The highest BCUT2D eigenvalue weighted by Gasteiger charge is 2.39. The summed E-state index contributed by atoms with van der Waals surface area (Å²) in [5, 5.41) is 3.39. The van der Waals surface area contributed by atoms with Crippen LogP contribution in [0.25, 0.3) is 0 Å². The Morgan fingerprint density at radius 1 is 1.35 bits per heavy atom. The van der Waals surface area contributed by atoms with Gasteiger partial charge in [-0.15, -0.1) is 0 Å². The Morgan fingerprint density at radius 3 is 2.85 bits per heavy atom. The molecule has 1 aromatic carbocycles. The van der Waals surface area contributed by atoms with Crippen molar-refractivity contribution in [3.63, 3.8) is 0 Å². The molecule has 0 aliphatic carbocycles. The van der Waals surface area contributed by atoms with E-state index in [1.54, 1.807) is 0 Å². The summed E-state index contributed by atoms with van der Waals surface area (Å²) in [4.78, 5) is 14.5. The third kappa shape index (κ3) is 2.72. The smallest absolute Gasteiger partial charge is 0.254 e. The number of aryl methyl sites for hydroxylation is 1. The summed E-state index contributed by atoms with van der Waals surface area (Å²) in [6.45, 7) is 5.97. The van der Waals surface area contributed by atoms with Crippen molar-refractivity contribution < 1.29 is 9.53 Å². The molecule has 0 bridgehead atoms. The van der Waals surface area contributed by atoms with Gasteiger partial charge in [-0.2, -0.15) is 0 Å². The van der Waals surface area contributed by atoms with Crippen LogP contribution in [0, 0.1) is 6.92 Å². The molecule has 0 aromatic heterocycles. The molecule has 2 saturated heterocycles. The lowest BCUT2D eigenvalue weighted by atomic mass is 9.91. The van der Waals surface area contributed by atoms with Crippen LogP contribution >= 0.6 is 0 Å². The van der Waals surface area contributed by atoms with Crippen LogP contribution in [0.15, 0.2) is 24.3 Å². The molecule has 4 nitrogen and oxygen atoms in total. The molecule has 0 unspecified atom stereocenters. The summed E-state index contributed by atoms with van der Waals surface area (Å²) in [5.41, 5.74) is 1.78. The Morgan fingerprint density at radius 2 is 2.15 bits per heavy atom. The first kappa shape index (κ1) is 13.6. The maximum Gasteiger partial charge on any atom is 0.254 e. The second-order valence-electron chi connectivity index (χ2n) is 5.90. The molecule has 1 spiro atoms. The topological polar surface area (TPSA) is 41.6 Å². The van der Waals surface area contributed by atoms with Gasteiger partial charge in [-0.05, 0) is 38.4 Å². The van der Waals surface area contributed by atoms with E-state index in [9.17, 15) is 4.79 Å². The molecule has 3 rings (SSSR count). The number of hydrogen-bond donors (Lipinski definition) is 1. The molecule has 0 radical (unpaired) electrons. The van der Waals surface area contributed by atoms with Gasteiger partial charge in [-0.1, -0.05) is 17.7 Å². The first-order valence-corrected chi connectivity index (χ1v) is 7.39. The number of piperidine rings is 1. The van der Waals surface area contributed by atoms with E-state index in [4.69, 9.17) is 4.74 Å². The predicted molar refractivity (Wildman–Crippen MR) is 77.9 cm³/mol. The van der Waals surface area contributed by atoms with Crippen molar-refractivity contribution in [1.29, 1.82) is 0 Å². The van der Waals surface area contributed by atoms with Crippen molar-refractivity contribution in [3.05, 3.63) is 35.4 Å². The van der Waals surface area contributed by atoms with E-state index in [0.29, 0.717) is 19.7 Å². The van der Waals surface area contributed by atoms with Gasteiger partial charge in [0, 0.05) is 18.7 Å². The quantitative estimate of drug-likeness (QED) is 0.845. The van der Waals surface area contributed by atoms with Crippen LogP contribution in [0.1, 0.15) is 28.8 Å². The first-order valence-electron chi connectivity index (χ1n) is 7.39. The fraction of sp³-hybridized carbons (Fsp3) is 0.562.